The second-order valence-corrected chi connectivity index (χ2v) is 10.8. The standard InChI is InChI=1S/C31H34ClN3O3/c1-21(30(37)33-25-13-3-2-4-14-25)35(20-22-9-5-12-24(32)19-22)28(36)17-8-18-34-27-16-7-11-23-10-6-15-26(29(23)27)31(34)38/h5-7,9-12,15-16,19,21,25H,2-4,8,13-14,17-18,20H2,1H3,(H,33,37). The van der Waals surface area contributed by atoms with Gasteiger partial charge in [0.2, 0.25) is 11.8 Å². The second kappa shape index (κ2) is 11.6. The minimum absolute atomic E-state index is 0.0275. The molecule has 1 saturated carbocycles. The first kappa shape index (κ1) is 26.2. The Labute approximate surface area is 228 Å². The zero-order valence-corrected chi connectivity index (χ0v) is 22.5. The van der Waals surface area contributed by atoms with Gasteiger partial charge in [0.15, 0.2) is 0 Å². The molecule has 5 rings (SSSR count). The average molecular weight is 532 g/mol. The smallest absolute Gasteiger partial charge is 0.258 e. The Morgan fingerprint density at radius 2 is 1.79 bits per heavy atom. The molecule has 6 nitrogen and oxygen atoms in total. The molecule has 1 unspecified atom stereocenters. The van der Waals surface area contributed by atoms with Gasteiger partial charge >= 0.3 is 0 Å². The molecule has 1 fully saturated rings. The Bertz CT molecular complexity index is 1350. The van der Waals surface area contributed by atoms with Gasteiger partial charge in [-0.1, -0.05) is 67.3 Å². The highest BCUT2D eigenvalue weighted by atomic mass is 35.5. The van der Waals surface area contributed by atoms with Crippen molar-refractivity contribution in [3.63, 3.8) is 0 Å². The fourth-order valence-electron chi connectivity index (χ4n) is 5.72. The van der Waals surface area contributed by atoms with Crippen molar-refractivity contribution < 1.29 is 14.4 Å². The summed E-state index contributed by atoms with van der Waals surface area (Å²) in [5, 5.41) is 5.77. The maximum Gasteiger partial charge on any atom is 0.258 e. The van der Waals surface area contributed by atoms with Gasteiger partial charge in [0.1, 0.15) is 6.04 Å². The third-order valence-electron chi connectivity index (χ3n) is 7.78. The zero-order chi connectivity index (χ0) is 26.6. The molecule has 3 aromatic carbocycles. The van der Waals surface area contributed by atoms with Gasteiger partial charge in [0.25, 0.3) is 5.91 Å². The molecule has 1 heterocycles. The minimum Gasteiger partial charge on any atom is -0.352 e. The molecule has 0 spiro atoms. The van der Waals surface area contributed by atoms with Crippen LogP contribution in [0.3, 0.4) is 0 Å². The predicted octanol–water partition coefficient (Wildman–Crippen LogP) is 6.10. The number of rotatable bonds is 9. The molecular weight excluding hydrogens is 498 g/mol. The number of anilines is 1. The normalized spacial score (nSPS) is 16.1. The first-order valence-corrected chi connectivity index (χ1v) is 14.0. The lowest BCUT2D eigenvalue weighted by atomic mass is 9.95. The maximum atomic E-state index is 13.5. The largest absolute Gasteiger partial charge is 0.352 e. The van der Waals surface area contributed by atoms with Crippen LogP contribution in [0.5, 0.6) is 0 Å². The summed E-state index contributed by atoms with van der Waals surface area (Å²) in [5.74, 6) is -0.261. The van der Waals surface area contributed by atoms with Crippen LogP contribution in [0.2, 0.25) is 5.02 Å². The first-order valence-electron chi connectivity index (χ1n) is 13.6. The molecule has 3 amide bonds. The molecule has 3 aromatic rings. The molecule has 38 heavy (non-hydrogen) atoms. The summed E-state index contributed by atoms with van der Waals surface area (Å²) in [6.07, 6.45) is 6.16. The fourth-order valence-corrected chi connectivity index (χ4v) is 5.93. The quantitative estimate of drug-likeness (QED) is 0.362. The number of carbonyl (C=O) groups is 3. The second-order valence-electron chi connectivity index (χ2n) is 10.4. The van der Waals surface area contributed by atoms with Crippen molar-refractivity contribution in [1.82, 2.24) is 10.2 Å². The van der Waals surface area contributed by atoms with Gasteiger partial charge in [0.05, 0.1) is 5.69 Å². The lowest BCUT2D eigenvalue weighted by Crippen LogP contribution is -2.50. The summed E-state index contributed by atoms with van der Waals surface area (Å²) in [7, 11) is 0. The summed E-state index contributed by atoms with van der Waals surface area (Å²) < 4.78 is 0. The summed E-state index contributed by atoms with van der Waals surface area (Å²) in [4.78, 5) is 43.3. The lowest BCUT2D eigenvalue weighted by Gasteiger charge is -2.31. The number of amides is 3. The fraction of sp³-hybridized carbons (Fsp3) is 0.387. The number of hydrogen-bond acceptors (Lipinski definition) is 3. The van der Waals surface area contributed by atoms with Crippen LogP contribution >= 0.6 is 11.6 Å². The lowest BCUT2D eigenvalue weighted by molar-refractivity contribution is -0.141. The van der Waals surface area contributed by atoms with Crippen molar-refractivity contribution in [3.05, 3.63) is 76.8 Å². The molecule has 1 N–H and O–H groups in total. The van der Waals surface area contributed by atoms with Gasteiger partial charge in [-0.05, 0) is 61.4 Å². The monoisotopic (exact) mass is 531 g/mol. The van der Waals surface area contributed by atoms with Crippen LogP contribution < -0.4 is 10.2 Å². The average Bonchev–Trinajstić information content (AvgIpc) is 3.20. The summed E-state index contributed by atoms with van der Waals surface area (Å²) in [5.41, 5.74) is 2.48. The molecule has 7 heteroatoms. The van der Waals surface area contributed by atoms with Crippen LogP contribution in [-0.4, -0.2) is 41.2 Å². The van der Waals surface area contributed by atoms with E-state index >= 15 is 0 Å². The molecule has 1 aliphatic heterocycles. The predicted molar refractivity (Wildman–Crippen MR) is 151 cm³/mol. The van der Waals surface area contributed by atoms with Crippen molar-refractivity contribution in [3.8, 4) is 0 Å². The number of carbonyl (C=O) groups excluding carboxylic acids is 3. The number of benzene rings is 3. The van der Waals surface area contributed by atoms with Crippen molar-refractivity contribution in [2.75, 3.05) is 11.4 Å². The minimum atomic E-state index is -0.616. The molecule has 0 saturated heterocycles. The third kappa shape index (κ3) is 5.56. The molecule has 0 bridgehead atoms. The van der Waals surface area contributed by atoms with Crippen molar-refractivity contribution in [2.45, 2.75) is 70.5 Å². The van der Waals surface area contributed by atoms with E-state index in [1.165, 1.54) is 6.42 Å². The summed E-state index contributed by atoms with van der Waals surface area (Å²) in [6, 6.07) is 18.6. The van der Waals surface area contributed by atoms with Gasteiger partial charge in [-0.25, -0.2) is 0 Å². The topological polar surface area (TPSA) is 69.7 Å². The summed E-state index contributed by atoms with van der Waals surface area (Å²) >= 11 is 6.20. The summed E-state index contributed by atoms with van der Waals surface area (Å²) in [6.45, 7) is 2.53. The van der Waals surface area contributed by atoms with E-state index in [1.54, 1.807) is 22.8 Å². The Morgan fingerprint density at radius 3 is 2.55 bits per heavy atom. The van der Waals surface area contributed by atoms with Gasteiger partial charge in [-0.15, -0.1) is 0 Å². The molecule has 0 radical (unpaired) electrons. The Hall–Kier alpha value is -3.38. The van der Waals surface area contributed by atoms with Crippen LogP contribution in [-0.2, 0) is 16.1 Å². The van der Waals surface area contributed by atoms with Crippen LogP contribution in [0, 0.1) is 0 Å². The van der Waals surface area contributed by atoms with Gasteiger partial charge in [-0.3, -0.25) is 14.4 Å². The Balaban J connectivity index is 1.27. The Kier molecular flexibility index (Phi) is 7.98. The van der Waals surface area contributed by atoms with Crippen molar-refractivity contribution >= 4 is 45.8 Å². The highest BCUT2D eigenvalue weighted by molar-refractivity contribution is 6.30. The number of hydrogen-bond donors (Lipinski definition) is 1. The van der Waals surface area contributed by atoms with E-state index in [4.69, 9.17) is 11.6 Å². The van der Waals surface area contributed by atoms with Gasteiger partial charge in [0, 0.05) is 41.5 Å². The first-order chi connectivity index (χ1) is 18.4. The van der Waals surface area contributed by atoms with E-state index in [2.05, 4.69) is 5.32 Å². The number of nitrogens with one attached hydrogen (secondary N) is 1. The van der Waals surface area contributed by atoms with Crippen molar-refractivity contribution in [2.24, 2.45) is 0 Å². The van der Waals surface area contributed by atoms with Crippen molar-refractivity contribution in [1.29, 1.82) is 0 Å². The maximum absolute atomic E-state index is 13.5. The molecule has 198 valence electrons. The van der Waals surface area contributed by atoms with E-state index in [9.17, 15) is 14.4 Å². The van der Waals surface area contributed by atoms with E-state index in [0.29, 0.717) is 30.1 Å². The number of nitrogens with zero attached hydrogens (tertiary/aromatic N) is 2. The van der Waals surface area contributed by atoms with E-state index in [0.717, 1.165) is 47.7 Å². The number of halogens is 1. The highest BCUT2D eigenvalue weighted by Crippen LogP contribution is 2.37. The molecule has 1 aliphatic carbocycles. The third-order valence-corrected chi connectivity index (χ3v) is 8.02. The van der Waals surface area contributed by atoms with E-state index in [-0.39, 0.29) is 30.2 Å². The highest BCUT2D eigenvalue weighted by Gasteiger charge is 2.31. The van der Waals surface area contributed by atoms with Crippen LogP contribution in [0.15, 0.2) is 60.7 Å². The van der Waals surface area contributed by atoms with Crippen LogP contribution in [0.1, 0.15) is 67.8 Å². The van der Waals surface area contributed by atoms with E-state index in [1.807, 2.05) is 54.6 Å². The molecule has 1 atom stereocenters. The zero-order valence-electron chi connectivity index (χ0n) is 21.8. The van der Waals surface area contributed by atoms with Gasteiger partial charge < -0.3 is 15.1 Å². The Morgan fingerprint density at radius 1 is 1.05 bits per heavy atom. The molecule has 2 aliphatic rings. The van der Waals surface area contributed by atoms with Gasteiger partial charge in [-0.2, -0.15) is 0 Å². The van der Waals surface area contributed by atoms with Crippen LogP contribution in [0.25, 0.3) is 10.8 Å². The SMILES string of the molecule is CC(C(=O)NC1CCCCC1)N(Cc1cccc(Cl)c1)C(=O)CCCN1C(=O)c2cccc3cccc1c23. The van der Waals surface area contributed by atoms with Crippen LogP contribution in [0.4, 0.5) is 5.69 Å². The molecule has 0 aromatic heterocycles. The van der Waals surface area contributed by atoms with E-state index < -0.39 is 6.04 Å². The molecular formula is C31H34ClN3O3.